The first-order chi connectivity index (χ1) is 10.8. The van der Waals surface area contributed by atoms with Crippen molar-refractivity contribution in [2.24, 2.45) is 0 Å². The molecule has 0 aliphatic rings. The summed E-state index contributed by atoms with van der Waals surface area (Å²) >= 11 is 5.91. The minimum atomic E-state index is -0.0472. The van der Waals surface area contributed by atoms with Crippen LogP contribution in [0.5, 0.6) is 0 Å². The molecule has 0 saturated carbocycles. The summed E-state index contributed by atoms with van der Waals surface area (Å²) in [6, 6.07) is 22.9. The van der Waals surface area contributed by atoms with Crippen LogP contribution in [0.2, 0.25) is 5.02 Å². The topological polar surface area (TPSA) is 22.0 Å². The van der Waals surface area contributed by atoms with Gasteiger partial charge < -0.3 is 0 Å². The summed E-state index contributed by atoms with van der Waals surface area (Å²) in [5, 5.41) is 2.79. The summed E-state index contributed by atoms with van der Waals surface area (Å²) in [5.41, 5.74) is 2.46. The van der Waals surface area contributed by atoms with E-state index in [1.165, 1.54) is 0 Å². The van der Waals surface area contributed by atoms with Gasteiger partial charge in [-0.1, -0.05) is 48.0 Å². The summed E-state index contributed by atoms with van der Waals surface area (Å²) in [7, 11) is 0. The predicted molar refractivity (Wildman–Crippen MR) is 90.6 cm³/mol. The van der Waals surface area contributed by atoms with E-state index in [-0.39, 0.29) is 5.91 Å². The molecule has 0 fully saturated rings. The fourth-order valence-corrected chi connectivity index (χ4v) is 2.99. The van der Waals surface area contributed by atoms with E-state index in [0.717, 1.165) is 21.8 Å². The second kappa shape index (κ2) is 5.00. The molecule has 3 aromatic carbocycles. The lowest BCUT2D eigenvalue weighted by Crippen LogP contribution is -2.11. The van der Waals surface area contributed by atoms with E-state index >= 15 is 0 Å². The minimum Gasteiger partial charge on any atom is -0.276 e. The fourth-order valence-electron chi connectivity index (χ4n) is 2.86. The Kier molecular flexibility index (Phi) is 2.98. The molecule has 0 aliphatic carbocycles. The summed E-state index contributed by atoms with van der Waals surface area (Å²) in [5.74, 6) is -0.0472. The first kappa shape index (κ1) is 13.1. The molecule has 0 saturated heterocycles. The third kappa shape index (κ3) is 1.92. The maximum atomic E-state index is 13.0. The van der Waals surface area contributed by atoms with Crippen LogP contribution in [0.25, 0.3) is 21.8 Å². The molecule has 3 heteroatoms. The van der Waals surface area contributed by atoms with Crippen LogP contribution in [0.3, 0.4) is 0 Å². The van der Waals surface area contributed by atoms with Gasteiger partial charge in [-0.3, -0.25) is 9.36 Å². The monoisotopic (exact) mass is 305 g/mol. The third-order valence-corrected chi connectivity index (χ3v) is 4.13. The molecule has 0 radical (unpaired) electrons. The Labute approximate surface area is 132 Å². The molecular weight excluding hydrogens is 294 g/mol. The van der Waals surface area contributed by atoms with E-state index in [0.29, 0.717) is 10.6 Å². The first-order valence-electron chi connectivity index (χ1n) is 7.04. The van der Waals surface area contributed by atoms with Gasteiger partial charge in [0, 0.05) is 21.4 Å². The summed E-state index contributed by atoms with van der Waals surface area (Å²) in [4.78, 5) is 13.0. The Hall–Kier alpha value is -2.58. The van der Waals surface area contributed by atoms with Crippen molar-refractivity contribution in [3.05, 3.63) is 83.4 Å². The number of halogens is 1. The lowest BCUT2D eigenvalue weighted by atomic mass is 10.2. The van der Waals surface area contributed by atoms with E-state index in [2.05, 4.69) is 0 Å². The number of carbonyl (C=O) groups excluding carboxylic acids is 1. The summed E-state index contributed by atoms with van der Waals surface area (Å²) < 4.78 is 1.77. The van der Waals surface area contributed by atoms with E-state index < -0.39 is 0 Å². The average molecular weight is 306 g/mol. The highest BCUT2D eigenvalue weighted by Crippen LogP contribution is 2.29. The highest BCUT2D eigenvalue weighted by Gasteiger charge is 2.16. The lowest BCUT2D eigenvalue weighted by Gasteiger charge is -2.06. The smallest absolute Gasteiger partial charge is 0.262 e. The van der Waals surface area contributed by atoms with Gasteiger partial charge in [0.05, 0.1) is 11.0 Å². The Morgan fingerprint density at radius 2 is 1.23 bits per heavy atom. The van der Waals surface area contributed by atoms with Crippen molar-refractivity contribution in [1.29, 1.82) is 0 Å². The average Bonchev–Trinajstić information content (AvgIpc) is 2.89. The minimum absolute atomic E-state index is 0.0472. The van der Waals surface area contributed by atoms with Gasteiger partial charge in [0.15, 0.2) is 0 Å². The predicted octanol–water partition coefficient (Wildman–Crippen LogP) is 5.14. The number of fused-ring (bicyclic) bond motifs is 3. The fraction of sp³-hybridized carbons (Fsp3) is 0. The SMILES string of the molecule is O=C(c1ccc(Cl)cc1)n1c2ccccc2c2ccccc21. The third-order valence-electron chi connectivity index (χ3n) is 3.87. The molecule has 0 aliphatic heterocycles. The van der Waals surface area contributed by atoms with Gasteiger partial charge in [-0.25, -0.2) is 0 Å². The summed E-state index contributed by atoms with van der Waals surface area (Å²) in [6.45, 7) is 0. The quantitative estimate of drug-likeness (QED) is 0.477. The van der Waals surface area contributed by atoms with E-state index in [1.54, 1.807) is 28.8 Å². The Bertz CT molecular complexity index is 946. The van der Waals surface area contributed by atoms with Crippen LogP contribution in [0, 0.1) is 0 Å². The molecule has 4 aromatic rings. The van der Waals surface area contributed by atoms with Crippen molar-refractivity contribution >= 4 is 39.3 Å². The molecule has 22 heavy (non-hydrogen) atoms. The van der Waals surface area contributed by atoms with Gasteiger partial charge in [-0.15, -0.1) is 0 Å². The van der Waals surface area contributed by atoms with Gasteiger partial charge in [-0.05, 0) is 36.4 Å². The van der Waals surface area contributed by atoms with Crippen molar-refractivity contribution in [2.45, 2.75) is 0 Å². The van der Waals surface area contributed by atoms with Crippen molar-refractivity contribution in [3.8, 4) is 0 Å². The second-order valence-corrected chi connectivity index (χ2v) is 5.62. The molecule has 0 N–H and O–H groups in total. The Morgan fingerprint density at radius 3 is 1.77 bits per heavy atom. The van der Waals surface area contributed by atoms with E-state index in [9.17, 15) is 4.79 Å². The van der Waals surface area contributed by atoms with Crippen LogP contribution in [-0.4, -0.2) is 10.5 Å². The van der Waals surface area contributed by atoms with Crippen LogP contribution < -0.4 is 0 Å². The number of rotatable bonds is 1. The van der Waals surface area contributed by atoms with Crippen molar-refractivity contribution in [3.63, 3.8) is 0 Å². The highest BCUT2D eigenvalue weighted by molar-refractivity contribution is 6.30. The zero-order chi connectivity index (χ0) is 15.1. The maximum Gasteiger partial charge on any atom is 0.262 e. The Balaban J connectivity index is 2.04. The molecule has 0 bridgehead atoms. The van der Waals surface area contributed by atoms with Gasteiger partial charge in [0.2, 0.25) is 0 Å². The van der Waals surface area contributed by atoms with E-state index in [4.69, 9.17) is 11.6 Å². The van der Waals surface area contributed by atoms with Crippen LogP contribution >= 0.6 is 11.6 Å². The molecule has 4 rings (SSSR count). The van der Waals surface area contributed by atoms with Crippen molar-refractivity contribution in [1.82, 2.24) is 4.57 Å². The zero-order valence-corrected chi connectivity index (χ0v) is 12.4. The van der Waals surface area contributed by atoms with Gasteiger partial charge in [-0.2, -0.15) is 0 Å². The number of hydrogen-bond acceptors (Lipinski definition) is 1. The molecule has 1 aromatic heterocycles. The van der Waals surface area contributed by atoms with Crippen LogP contribution in [0.4, 0.5) is 0 Å². The maximum absolute atomic E-state index is 13.0. The normalized spacial score (nSPS) is 11.1. The molecule has 0 spiro atoms. The summed E-state index contributed by atoms with van der Waals surface area (Å²) in [6.07, 6.45) is 0. The second-order valence-electron chi connectivity index (χ2n) is 5.18. The first-order valence-corrected chi connectivity index (χ1v) is 7.42. The van der Waals surface area contributed by atoms with Crippen molar-refractivity contribution in [2.75, 3.05) is 0 Å². The van der Waals surface area contributed by atoms with Gasteiger partial charge in [0.1, 0.15) is 0 Å². The van der Waals surface area contributed by atoms with Gasteiger partial charge in [0.25, 0.3) is 5.91 Å². The molecule has 106 valence electrons. The van der Waals surface area contributed by atoms with Gasteiger partial charge >= 0.3 is 0 Å². The number of aromatic nitrogens is 1. The van der Waals surface area contributed by atoms with E-state index in [1.807, 2.05) is 48.5 Å². The molecular formula is C19H12ClNO. The number of para-hydroxylation sites is 2. The largest absolute Gasteiger partial charge is 0.276 e. The molecule has 0 unspecified atom stereocenters. The molecule has 0 atom stereocenters. The molecule has 1 heterocycles. The number of benzene rings is 3. The Morgan fingerprint density at radius 1 is 0.727 bits per heavy atom. The highest BCUT2D eigenvalue weighted by atomic mass is 35.5. The van der Waals surface area contributed by atoms with Crippen LogP contribution in [0.1, 0.15) is 10.4 Å². The zero-order valence-electron chi connectivity index (χ0n) is 11.7. The number of carbonyl (C=O) groups is 1. The number of nitrogens with zero attached hydrogens (tertiary/aromatic N) is 1. The molecule has 0 amide bonds. The lowest BCUT2D eigenvalue weighted by molar-refractivity contribution is 0.0969. The van der Waals surface area contributed by atoms with Crippen LogP contribution in [-0.2, 0) is 0 Å². The van der Waals surface area contributed by atoms with Crippen molar-refractivity contribution < 1.29 is 4.79 Å². The standard InChI is InChI=1S/C19H12ClNO/c20-14-11-9-13(10-12-14)19(22)21-17-7-3-1-5-15(17)16-6-2-4-8-18(16)21/h1-12H. The number of hydrogen-bond donors (Lipinski definition) is 0. The molecule has 2 nitrogen and oxygen atoms in total. The van der Waals surface area contributed by atoms with Crippen LogP contribution in [0.15, 0.2) is 72.8 Å².